The van der Waals surface area contributed by atoms with Crippen molar-refractivity contribution in [2.24, 2.45) is 0 Å². The molecule has 0 radical (unpaired) electrons. The predicted octanol–water partition coefficient (Wildman–Crippen LogP) is 5.10. The maximum atomic E-state index is 12.9. The molecule has 184 valence electrons. The van der Waals surface area contributed by atoms with E-state index in [1.54, 1.807) is 45.0 Å². The second-order valence-corrected chi connectivity index (χ2v) is 8.89. The van der Waals surface area contributed by atoms with Crippen molar-refractivity contribution in [1.82, 2.24) is 10.3 Å². The number of rotatable bonds is 9. The van der Waals surface area contributed by atoms with Gasteiger partial charge in [0.2, 0.25) is 0 Å². The molecule has 1 atom stereocenters. The van der Waals surface area contributed by atoms with E-state index in [2.05, 4.69) is 15.6 Å². The first-order chi connectivity index (χ1) is 16.6. The first-order valence-electron chi connectivity index (χ1n) is 10.8. The molecule has 10 heteroatoms. The van der Waals surface area contributed by atoms with Crippen LogP contribution in [-0.2, 0) is 11.2 Å². The number of aromatic nitrogens is 1. The van der Waals surface area contributed by atoms with Crippen molar-refractivity contribution < 1.29 is 24.2 Å². The normalized spacial score (nSPS) is 11.7. The molecule has 0 aliphatic rings. The molecule has 2 aromatic carbocycles. The van der Waals surface area contributed by atoms with Gasteiger partial charge in [-0.05, 0) is 44.5 Å². The molecule has 0 aliphatic carbocycles. The number of carbonyl (C=O) groups is 3. The Balaban J connectivity index is 1.82. The van der Waals surface area contributed by atoms with Crippen LogP contribution in [0, 0.1) is 6.92 Å². The fraction of sp³-hybridized carbons (Fsp3) is 0.240. The summed E-state index contributed by atoms with van der Waals surface area (Å²) in [5, 5.41) is 15.2. The fourth-order valence-electron chi connectivity index (χ4n) is 3.32. The van der Waals surface area contributed by atoms with Crippen LogP contribution >= 0.6 is 23.2 Å². The minimum Gasteiger partial charge on any atom is -0.489 e. The molecule has 3 aromatic rings. The molecule has 0 saturated carbocycles. The lowest BCUT2D eigenvalue weighted by Gasteiger charge is -2.18. The van der Waals surface area contributed by atoms with E-state index in [-0.39, 0.29) is 39.6 Å². The lowest BCUT2D eigenvalue weighted by molar-refractivity contribution is -0.139. The zero-order chi connectivity index (χ0) is 25.7. The van der Waals surface area contributed by atoms with Crippen LogP contribution < -0.4 is 15.4 Å². The number of anilines is 1. The van der Waals surface area contributed by atoms with Gasteiger partial charge in [-0.3, -0.25) is 9.59 Å². The molecule has 0 aliphatic heterocycles. The summed E-state index contributed by atoms with van der Waals surface area (Å²) in [6, 6.07) is 12.3. The van der Waals surface area contributed by atoms with Gasteiger partial charge >= 0.3 is 5.97 Å². The number of hydrogen-bond donors (Lipinski definition) is 4. The summed E-state index contributed by atoms with van der Waals surface area (Å²) in [6.07, 6.45) is -0.135. The molecule has 0 fully saturated rings. The van der Waals surface area contributed by atoms with E-state index in [1.807, 2.05) is 6.07 Å². The Bertz CT molecular complexity index is 1240. The van der Waals surface area contributed by atoms with E-state index >= 15 is 0 Å². The van der Waals surface area contributed by atoms with Crippen molar-refractivity contribution >= 4 is 46.7 Å². The molecule has 0 bridgehead atoms. The average Bonchev–Trinajstić information content (AvgIpc) is 3.07. The summed E-state index contributed by atoms with van der Waals surface area (Å²) in [7, 11) is 0. The highest BCUT2D eigenvalue weighted by molar-refractivity contribution is 6.44. The van der Waals surface area contributed by atoms with Crippen molar-refractivity contribution in [3.05, 3.63) is 81.1 Å². The van der Waals surface area contributed by atoms with E-state index in [9.17, 15) is 19.5 Å². The van der Waals surface area contributed by atoms with E-state index in [1.165, 1.54) is 18.2 Å². The number of amides is 2. The second-order valence-electron chi connectivity index (χ2n) is 8.14. The Hall–Kier alpha value is -3.49. The van der Waals surface area contributed by atoms with Crippen molar-refractivity contribution in [2.75, 3.05) is 5.32 Å². The van der Waals surface area contributed by atoms with Gasteiger partial charge in [-0.15, -0.1) is 0 Å². The highest BCUT2D eigenvalue weighted by Crippen LogP contribution is 2.32. The van der Waals surface area contributed by atoms with Crippen molar-refractivity contribution in [1.29, 1.82) is 0 Å². The Morgan fingerprint density at radius 3 is 2.29 bits per heavy atom. The molecular formula is C25H25Cl2N3O5. The Morgan fingerprint density at radius 1 is 1.03 bits per heavy atom. The van der Waals surface area contributed by atoms with E-state index < -0.39 is 23.8 Å². The number of carboxylic acids is 1. The first-order valence-corrected chi connectivity index (χ1v) is 11.6. The van der Waals surface area contributed by atoms with Crippen LogP contribution in [0.5, 0.6) is 5.75 Å². The number of carbonyl (C=O) groups excluding carboxylic acids is 2. The quantitative estimate of drug-likeness (QED) is 0.314. The van der Waals surface area contributed by atoms with Gasteiger partial charge in [0.25, 0.3) is 11.8 Å². The van der Waals surface area contributed by atoms with Gasteiger partial charge in [0.05, 0.1) is 21.8 Å². The van der Waals surface area contributed by atoms with Crippen molar-refractivity contribution in [2.45, 2.75) is 39.3 Å². The van der Waals surface area contributed by atoms with Gasteiger partial charge in [-0.25, -0.2) is 4.79 Å². The molecule has 4 N–H and O–H groups in total. The minimum atomic E-state index is -1.15. The molecule has 0 spiro atoms. The zero-order valence-corrected chi connectivity index (χ0v) is 20.8. The molecule has 0 saturated heterocycles. The zero-order valence-electron chi connectivity index (χ0n) is 19.3. The molecule has 8 nitrogen and oxygen atoms in total. The Morgan fingerprint density at radius 2 is 1.71 bits per heavy atom. The number of aliphatic carboxylic acids is 1. The molecule has 3 rings (SSSR count). The number of H-pyrrole nitrogens is 1. The highest BCUT2D eigenvalue weighted by atomic mass is 35.5. The largest absolute Gasteiger partial charge is 0.489 e. The molecular weight excluding hydrogens is 493 g/mol. The Labute approximate surface area is 212 Å². The monoisotopic (exact) mass is 517 g/mol. The molecule has 35 heavy (non-hydrogen) atoms. The standard InChI is InChI=1S/C25H25Cl2N3O5/c1-13(2)35-19-12-16(23(31)30-18(25(33)34)11-15-7-5-4-6-8-15)9-10-17(19)29-24(32)22-21(27)20(26)14(3)28-22/h4-10,12-13,18,28H,11H2,1-3H3,(H,29,32)(H,30,31)(H,33,34)/t18-/m0/s1. The second kappa shape index (κ2) is 11.3. The third-order valence-electron chi connectivity index (χ3n) is 5.02. The number of hydrogen-bond acceptors (Lipinski definition) is 4. The van der Waals surface area contributed by atoms with Gasteiger partial charge in [0, 0.05) is 17.7 Å². The molecule has 1 heterocycles. The fourth-order valence-corrected chi connectivity index (χ4v) is 3.74. The number of benzene rings is 2. The number of nitrogens with one attached hydrogen (secondary N) is 3. The number of ether oxygens (including phenoxy) is 1. The van der Waals surface area contributed by atoms with Crippen LogP contribution in [-0.4, -0.2) is 40.0 Å². The minimum absolute atomic E-state index is 0.0942. The van der Waals surface area contributed by atoms with Gasteiger partial charge < -0.3 is 25.5 Å². The highest BCUT2D eigenvalue weighted by Gasteiger charge is 2.23. The topological polar surface area (TPSA) is 121 Å². The van der Waals surface area contributed by atoms with Gasteiger partial charge in [-0.1, -0.05) is 53.5 Å². The maximum absolute atomic E-state index is 12.9. The summed E-state index contributed by atoms with van der Waals surface area (Å²) in [5.41, 5.74) is 1.90. The maximum Gasteiger partial charge on any atom is 0.326 e. The predicted molar refractivity (Wildman–Crippen MR) is 135 cm³/mol. The summed E-state index contributed by atoms with van der Waals surface area (Å²) >= 11 is 12.2. The van der Waals surface area contributed by atoms with Gasteiger partial charge in [0.1, 0.15) is 17.5 Å². The van der Waals surface area contributed by atoms with Crippen LogP contribution in [0.15, 0.2) is 48.5 Å². The number of carboxylic acid groups (broad SMARTS) is 1. The van der Waals surface area contributed by atoms with Crippen LogP contribution in [0.3, 0.4) is 0 Å². The van der Waals surface area contributed by atoms with Crippen molar-refractivity contribution in [3.8, 4) is 5.75 Å². The Kier molecular flexibility index (Phi) is 8.43. The smallest absolute Gasteiger partial charge is 0.326 e. The SMILES string of the molecule is Cc1[nH]c(C(=O)Nc2ccc(C(=O)N[C@@H](Cc3ccccc3)C(=O)O)cc2OC(C)C)c(Cl)c1Cl. The van der Waals surface area contributed by atoms with Crippen LogP contribution in [0.4, 0.5) is 5.69 Å². The summed E-state index contributed by atoms with van der Waals surface area (Å²) < 4.78 is 5.80. The summed E-state index contributed by atoms with van der Waals surface area (Å²) in [5.74, 6) is -2.04. The van der Waals surface area contributed by atoms with E-state index in [0.717, 1.165) is 5.56 Å². The van der Waals surface area contributed by atoms with Gasteiger partial charge in [0.15, 0.2) is 0 Å². The first kappa shape index (κ1) is 26.1. The van der Waals surface area contributed by atoms with E-state index in [4.69, 9.17) is 27.9 Å². The summed E-state index contributed by atoms with van der Waals surface area (Å²) in [4.78, 5) is 40.2. The number of aromatic amines is 1. The van der Waals surface area contributed by atoms with Crippen LogP contribution in [0.25, 0.3) is 0 Å². The van der Waals surface area contributed by atoms with Crippen LogP contribution in [0.1, 0.15) is 46.0 Å². The number of halogens is 2. The lowest BCUT2D eigenvalue weighted by Crippen LogP contribution is -2.42. The molecule has 0 unspecified atom stereocenters. The third kappa shape index (κ3) is 6.55. The number of aryl methyl sites for hydroxylation is 1. The van der Waals surface area contributed by atoms with Gasteiger partial charge in [-0.2, -0.15) is 0 Å². The van der Waals surface area contributed by atoms with Crippen LogP contribution in [0.2, 0.25) is 10.0 Å². The van der Waals surface area contributed by atoms with E-state index in [0.29, 0.717) is 11.4 Å². The average molecular weight is 518 g/mol. The lowest BCUT2D eigenvalue weighted by atomic mass is 10.1. The van der Waals surface area contributed by atoms with Crippen molar-refractivity contribution in [3.63, 3.8) is 0 Å². The molecule has 2 amide bonds. The molecule has 1 aromatic heterocycles. The summed E-state index contributed by atoms with van der Waals surface area (Å²) in [6.45, 7) is 5.28. The third-order valence-corrected chi connectivity index (χ3v) is 5.97.